The van der Waals surface area contributed by atoms with Gasteiger partial charge in [0.2, 0.25) is 5.91 Å². The van der Waals surface area contributed by atoms with Crippen molar-refractivity contribution in [3.8, 4) is 5.69 Å². The number of alkyl halides is 2. The molecule has 0 fully saturated rings. The van der Waals surface area contributed by atoms with Crippen LogP contribution in [-0.2, 0) is 11.2 Å². The summed E-state index contributed by atoms with van der Waals surface area (Å²) in [6.45, 7) is 0.420. The van der Waals surface area contributed by atoms with Gasteiger partial charge in [0, 0.05) is 16.9 Å². The van der Waals surface area contributed by atoms with Crippen LogP contribution in [-0.4, -0.2) is 30.5 Å². The molecule has 0 aliphatic rings. The highest BCUT2D eigenvalue weighted by Crippen LogP contribution is 2.20. The van der Waals surface area contributed by atoms with E-state index in [1.165, 1.54) is 13.3 Å². The van der Waals surface area contributed by atoms with Gasteiger partial charge in [-0.25, -0.2) is 14.3 Å². The number of hydrogen-bond acceptors (Lipinski definition) is 4. The normalized spacial score (nSPS) is 11.1. The van der Waals surface area contributed by atoms with E-state index in [0.29, 0.717) is 27.3 Å². The number of aryl methyl sites for hydroxylation is 1. The Balaban J connectivity index is 1.69. The Kier molecular flexibility index (Phi) is 4.55. The highest BCUT2D eigenvalue weighted by Gasteiger charge is 2.19. The number of carbonyl (C=O) groups is 1. The summed E-state index contributed by atoms with van der Waals surface area (Å²) in [6.07, 6.45) is 2.98. The SMILES string of the molecule is Cc1nn(C(F)F)c(C)c1CC(=O)Nc1ccc(-n2cncn2)cc1. The zero-order valence-corrected chi connectivity index (χ0v) is 13.6. The molecule has 0 aliphatic heterocycles. The largest absolute Gasteiger partial charge is 0.333 e. The van der Waals surface area contributed by atoms with Gasteiger partial charge in [-0.05, 0) is 38.1 Å². The van der Waals surface area contributed by atoms with Gasteiger partial charge < -0.3 is 5.32 Å². The molecule has 1 aromatic carbocycles. The van der Waals surface area contributed by atoms with Crippen molar-refractivity contribution in [2.75, 3.05) is 5.32 Å². The number of rotatable bonds is 5. The van der Waals surface area contributed by atoms with Crippen molar-refractivity contribution in [2.45, 2.75) is 26.8 Å². The van der Waals surface area contributed by atoms with Crippen LogP contribution >= 0.6 is 0 Å². The number of halogens is 2. The molecule has 0 unspecified atom stereocenters. The second kappa shape index (κ2) is 6.80. The Morgan fingerprint density at radius 1 is 1.24 bits per heavy atom. The van der Waals surface area contributed by atoms with Gasteiger partial charge in [-0.15, -0.1) is 0 Å². The quantitative estimate of drug-likeness (QED) is 0.770. The maximum Gasteiger partial charge on any atom is 0.333 e. The van der Waals surface area contributed by atoms with Crippen molar-refractivity contribution in [1.82, 2.24) is 24.5 Å². The van der Waals surface area contributed by atoms with Crippen molar-refractivity contribution < 1.29 is 13.6 Å². The van der Waals surface area contributed by atoms with E-state index >= 15 is 0 Å². The molecule has 0 aliphatic carbocycles. The third kappa shape index (κ3) is 3.54. The fourth-order valence-corrected chi connectivity index (χ4v) is 2.55. The third-order valence-corrected chi connectivity index (χ3v) is 3.83. The van der Waals surface area contributed by atoms with Crippen LogP contribution in [0.3, 0.4) is 0 Å². The molecular weight excluding hydrogens is 330 g/mol. The van der Waals surface area contributed by atoms with E-state index in [2.05, 4.69) is 20.5 Å². The Morgan fingerprint density at radius 2 is 1.96 bits per heavy atom. The van der Waals surface area contributed by atoms with Crippen LogP contribution in [0.2, 0.25) is 0 Å². The van der Waals surface area contributed by atoms with Crippen LogP contribution < -0.4 is 5.32 Å². The zero-order valence-electron chi connectivity index (χ0n) is 13.6. The molecule has 2 aromatic heterocycles. The van der Waals surface area contributed by atoms with E-state index in [1.807, 2.05) is 0 Å². The molecule has 0 spiro atoms. The van der Waals surface area contributed by atoms with Crippen molar-refractivity contribution in [2.24, 2.45) is 0 Å². The summed E-state index contributed by atoms with van der Waals surface area (Å²) in [5, 5.41) is 10.5. The molecule has 1 amide bonds. The van der Waals surface area contributed by atoms with Gasteiger partial charge in [0.25, 0.3) is 0 Å². The van der Waals surface area contributed by atoms with Gasteiger partial charge >= 0.3 is 6.55 Å². The first kappa shape index (κ1) is 16.7. The van der Waals surface area contributed by atoms with Crippen molar-refractivity contribution in [3.63, 3.8) is 0 Å². The van der Waals surface area contributed by atoms with E-state index in [9.17, 15) is 13.6 Å². The maximum absolute atomic E-state index is 12.8. The predicted molar refractivity (Wildman–Crippen MR) is 86.6 cm³/mol. The summed E-state index contributed by atoms with van der Waals surface area (Å²) >= 11 is 0. The molecule has 3 rings (SSSR count). The average molecular weight is 346 g/mol. The fourth-order valence-electron chi connectivity index (χ4n) is 2.55. The Morgan fingerprint density at radius 3 is 2.52 bits per heavy atom. The van der Waals surface area contributed by atoms with Crippen LogP contribution in [0.4, 0.5) is 14.5 Å². The molecule has 1 N–H and O–H groups in total. The number of nitrogens with one attached hydrogen (secondary N) is 1. The highest BCUT2D eigenvalue weighted by molar-refractivity contribution is 5.92. The van der Waals surface area contributed by atoms with Crippen LogP contribution in [0.1, 0.15) is 23.5 Å². The second-order valence-corrected chi connectivity index (χ2v) is 5.48. The number of hydrogen-bond donors (Lipinski definition) is 1. The monoisotopic (exact) mass is 346 g/mol. The number of nitrogens with zero attached hydrogens (tertiary/aromatic N) is 5. The number of carbonyl (C=O) groups excluding carboxylic acids is 1. The molecule has 7 nitrogen and oxygen atoms in total. The Bertz CT molecular complexity index is 871. The van der Waals surface area contributed by atoms with Gasteiger partial charge in [-0.3, -0.25) is 4.79 Å². The number of aromatic nitrogens is 5. The minimum absolute atomic E-state index is 0.0186. The smallest absolute Gasteiger partial charge is 0.326 e. The minimum Gasteiger partial charge on any atom is -0.326 e. The minimum atomic E-state index is -2.72. The molecule has 3 aromatic rings. The number of amides is 1. The summed E-state index contributed by atoms with van der Waals surface area (Å²) in [5.41, 5.74) is 2.64. The van der Waals surface area contributed by atoms with Gasteiger partial charge in [-0.1, -0.05) is 0 Å². The lowest BCUT2D eigenvalue weighted by atomic mass is 10.1. The van der Waals surface area contributed by atoms with Crippen LogP contribution in [0.25, 0.3) is 5.69 Å². The van der Waals surface area contributed by atoms with Crippen LogP contribution in [0.15, 0.2) is 36.9 Å². The summed E-state index contributed by atoms with van der Waals surface area (Å²) in [7, 11) is 0. The van der Waals surface area contributed by atoms with E-state index in [-0.39, 0.29) is 12.3 Å². The molecule has 0 atom stereocenters. The lowest BCUT2D eigenvalue weighted by molar-refractivity contribution is -0.115. The van der Waals surface area contributed by atoms with Gasteiger partial charge in [0.05, 0.1) is 17.8 Å². The molecule has 130 valence electrons. The second-order valence-electron chi connectivity index (χ2n) is 5.48. The average Bonchev–Trinajstić information content (AvgIpc) is 3.20. The maximum atomic E-state index is 12.8. The fraction of sp³-hybridized carbons (Fsp3) is 0.250. The molecule has 2 heterocycles. The van der Waals surface area contributed by atoms with E-state index < -0.39 is 6.55 Å². The Hall–Kier alpha value is -3.10. The first-order chi connectivity index (χ1) is 12.0. The summed E-state index contributed by atoms with van der Waals surface area (Å²) in [4.78, 5) is 16.1. The lowest BCUT2D eigenvalue weighted by Gasteiger charge is -2.07. The third-order valence-electron chi connectivity index (χ3n) is 3.83. The standard InChI is InChI=1S/C16H16F2N6O/c1-10-14(11(2)24(22-10)16(17)18)7-15(25)21-12-3-5-13(6-4-12)23-9-19-8-20-23/h3-6,8-9,16H,7H2,1-2H3,(H,21,25). The van der Waals surface area contributed by atoms with Crippen LogP contribution in [0, 0.1) is 13.8 Å². The van der Waals surface area contributed by atoms with Crippen molar-refractivity contribution in [1.29, 1.82) is 0 Å². The van der Waals surface area contributed by atoms with Crippen molar-refractivity contribution >= 4 is 11.6 Å². The van der Waals surface area contributed by atoms with E-state index in [4.69, 9.17) is 0 Å². The van der Waals surface area contributed by atoms with Gasteiger partial charge in [0.15, 0.2) is 0 Å². The molecule has 0 bridgehead atoms. The summed E-state index contributed by atoms with van der Waals surface area (Å²) in [6, 6.07) is 7.04. The van der Waals surface area contributed by atoms with Crippen molar-refractivity contribution in [3.05, 3.63) is 53.9 Å². The summed E-state index contributed by atoms with van der Waals surface area (Å²) in [5.74, 6) is -0.298. The lowest BCUT2D eigenvalue weighted by Crippen LogP contribution is -2.15. The Labute approximate surface area is 142 Å². The van der Waals surface area contributed by atoms with Gasteiger partial charge in [-0.2, -0.15) is 19.0 Å². The van der Waals surface area contributed by atoms with E-state index in [0.717, 1.165) is 5.69 Å². The zero-order chi connectivity index (χ0) is 18.0. The molecule has 0 saturated carbocycles. The molecule has 0 radical (unpaired) electrons. The topological polar surface area (TPSA) is 77.6 Å². The van der Waals surface area contributed by atoms with Gasteiger partial charge in [0.1, 0.15) is 12.7 Å². The molecular formula is C16H16F2N6O. The predicted octanol–water partition coefficient (Wildman–Crippen LogP) is 2.66. The highest BCUT2D eigenvalue weighted by atomic mass is 19.3. The molecule has 9 heteroatoms. The first-order valence-electron chi connectivity index (χ1n) is 7.53. The van der Waals surface area contributed by atoms with Crippen LogP contribution in [0.5, 0.6) is 0 Å². The summed E-state index contributed by atoms with van der Waals surface area (Å²) < 4.78 is 27.9. The molecule has 25 heavy (non-hydrogen) atoms. The molecule has 0 saturated heterocycles. The number of benzene rings is 1. The first-order valence-corrected chi connectivity index (χ1v) is 7.53. The number of anilines is 1. The van der Waals surface area contributed by atoms with E-state index in [1.54, 1.807) is 42.2 Å².